The van der Waals surface area contributed by atoms with Crippen molar-refractivity contribution in [3.8, 4) is 16.7 Å². The molecule has 0 bridgehead atoms. The number of nitrogens with zero attached hydrogens (tertiary/aromatic N) is 1. The lowest BCUT2D eigenvalue weighted by Gasteiger charge is -2.43. The Bertz CT molecular complexity index is 1180. The largest absolute Gasteiger partial charge is 0.497 e. The van der Waals surface area contributed by atoms with Crippen LogP contribution in [0.4, 0.5) is 0 Å². The standard InChI is InChI=1S/C25H27NO5S/c1-7-14-8-9-16(30-23-26-18-13-15(29-6)10-11-19(18)32-23)12-17(14)20-21(27)24(2,3)31-25(4,5)22(20)28/h8-13,20H,7H2,1-6H3. The number of carbonyl (C=O) groups excluding carboxylic acids is 2. The monoisotopic (exact) mass is 453 g/mol. The van der Waals surface area contributed by atoms with Gasteiger partial charge in [0.1, 0.15) is 28.6 Å². The zero-order valence-electron chi connectivity index (χ0n) is 19.1. The van der Waals surface area contributed by atoms with Crippen molar-refractivity contribution in [2.24, 2.45) is 0 Å². The van der Waals surface area contributed by atoms with Gasteiger partial charge in [0.25, 0.3) is 5.19 Å². The smallest absolute Gasteiger partial charge is 0.279 e. The highest BCUT2D eigenvalue weighted by molar-refractivity contribution is 7.20. The first-order valence-corrected chi connectivity index (χ1v) is 11.4. The second kappa shape index (κ2) is 7.98. The van der Waals surface area contributed by atoms with E-state index >= 15 is 0 Å². The Balaban J connectivity index is 1.73. The van der Waals surface area contributed by atoms with Crippen LogP contribution in [-0.2, 0) is 20.7 Å². The number of fused-ring (bicyclic) bond motifs is 1. The number of thiazole rings is 1. The lowest BCUT2D eigenvalue weighted by Crippen LogP contribution is -2.58. The molecule has 2 aromatic carbocycles. The molecular formula is C25H27NO5S. The van der Waals surface area contributed by atoms with Crippen LogP contribution in [0.1, 0.15) is 51.7 Å². The molecule has 1 aliphatic heterocycles. The number of Topliss-reactive ketones (excluding diaryl/α,β-unsaturated/α-hetero) is 2. The molecule has 0 N–H and O–H groups in total. The molecule has 0 spiro atoms. The highest BCUT2D eigenvalue weighted by Crippen LogP contribution is 2.41. The Morgan fingerprint density at radius 2 is 1.66 bits per heavy atom. The molecule has 0 unspecified atom stereocenters. The molecular weight excluding hydrogens is 426 g/mol. The SMILES string of the molecule is CCc1ccc(Oc2nc3cc(OC)ccc3s2)cc1C1C(=O)C(C)(C)OC(C)(C)C1=O. The Hall–Kier alpha value is -2.77. The van der Waals surface area contributed by atoms with Crippen LogP contribution >= 0.6 is 11.3 Å². The zero-order valence-corrected chi connectivity index (χ0v) is 20.0. The summed E-state index contributed by atoms with van der Waals surface area (Å²) in [6.07, 6.45) is 0.690. The van der Waals surface area contributed by atoms with Crippen molar-refractivity contribution in [1.29, 1.82) is 0 Å². The fraction of sp³-hybridized carbons (Fsp3) is 0.400. The van der Waals surface area contributed by atoms with Gasteiger partial charge >= 0.3 is 0 Å². The molecule has 1 fully saturated rings. The van der Waals surface area contributed by atoms with Gasteiger partial charge in [-0.3, -0.25) is 9.59 Å². The number of ether oxygens (including phenoxy) is 3. The average Bonchev–Trinajstić information content (AvgIpc) is 3.13. The maximum absolute atomic E-state index is 13.3. The molecule has 2 heterocycles. The summed E-state index contributed by atoms with van der Waals surface area (Å²) in [7, 11) is 1.61. The van der Waals surface area contributed by atoms with Gasteiger partial charge < -0.3 is 14.2 Å². The number of hydrogen-bond acceptors (Lipinski definition) is 7. The highest BCUT2D eigenvalue weighted by Gasteiger charge is 2.53. The van der Waals surface area contributed by atoms with Gasteiger partial charge in [-0.2, -0.15) is 0 Å². The van der Waals surface area contributed by atoms with Crippen LogP contribution in [-0.4, -0.2) is 34.9 Å². The van der Waals surface area contributed by atoms with Crippen LogP contribution in [0, 0.1) is 0 Å². The summed E-state index contributed by atoms with van der Waals surface area (Å²) in [5.41, 5.74) is 0.276. The molecule has 0 aliphatic carbocycles. The summed E-state index contributed by atoms with van der Waals surface area (Å²) in [4.78, 5) is 31.0. The van der Waals surface area contributed by atoms with E-state index in [-0.39, 0.29) is 11.6 Å². The minimum Gasteiger partial charge on any atom is -0.497 e. The van der Waals surface area contributed by atoms with E-state index in [4.69, 9.17) is 14.2 Å². The molecule has 4 rings (SSSR count). The first kappa shape index (κ1) is 22.4. The molecule has 3 aromatic rings. The quantitative estimate of drug-likeness (QED) is 0.477. The Morgan fingerprint density at radius 3 is 2.28 bits per heavy atom. The van der Waals surface area contributed by atoms with Crippen molar-refractivity contribution in [3.05, 3.63) is 47.5 Å². The fourth-order valence-corrected chi connectivity index (χ4v) is 5.04. The third-order valence-electron chi connectivity index (χ3n) is 5.81. The van der Waals surface area contributed by atoms with Crippen LogP contribution in [0.2, 0.25) is 0 Å². The van der Waals surface area contributed by atoms with E-state index in [9.17, 15) is 9.59 Å². The molecule has 0 saturated carbocycles. The third-order valence-corrected chi connectivity index (χ3v) is 6.73. The van der Waals surface area contributed by atoms with Crippen molar-refractivity contribution in [2.45, 2.75) is 58.2 Å². The van der Waals surface area contributed by atoms with E-state index in [0.717, 1.165) is 21.5 Å². The van der Waals surface area contributed by atoms with Gasteiger partial charge in [-0.1, -0.05) is 24.3 Å². The van der Waals surface area contributed by atoms with Gasteiger partial charge in [0, 0.05) is 6.07 Å². The number of aromatic nitrogens is 1. The van der Waals surface area contributed by atoms with Crippen LogP contribution in [0.25, 0.3) is 10.2 Å². The summed E-state index contributed by atoms with van der Waals surface area (Å²) in [6.45, 7) is 8.89. The number of hydrogen-bond donors (Lipinski definition) is 0. The summed E-state index contributed by atoms with van der Waals surface area (Å²) in [5.74, 6) is -0.106. The average molecular weight is 454 g/mol. The fourth-order valence-electron chi connectivity index (χ4n) is 4.22. The minimum atomic E-state index is -1.06. The number of benzene rings is 2. The van der Waals surface area contributed by atoms with Crippen LogP contribution in [0.3, 0.4) is 0 Å². The van der Waals surface area contributed by atoms with Gasteiger partial charge in [-0.15, -0.1) is 0 Å². The minimum absolute atomic E-state index is 0.235. The first-order valence-electron chi connectivity index (χ1n) is 10.6. The normalized spacial score (nSPS) is 18.2. The molecule has 1 aromatic heterocycles. The van der Waals surface area contributed by atoms with Gasteiger partial charge in [0.15, 0.2) is 11.6 Å². The molecule has 1 aliphatic rings. The Morgan fingerprint density at radius 1 is 1.00 bits per heavy atom. The predicted octanol–water partition coefficient (Wildman–Crippen LogP) is 5.47. The van der Waals surface area contributed by atoms with Gasteiger partial charge in [0.2, 0.25) is 0 Å². The summed E-state index contributed by atoms with van der Waals surface area (Å²) in [6, 6.07) is 11.2. The Labute approximate surface area is 191 Å². The molecule has 0 atom stereocenters. The zero-order chi connectivity index (χ0) is 23.3. The maximum Gasteiger partial charge on any atom is 0.279 e. The second-order valence-electron chi connectivity index (χ2n) is 8.91. The molecule has 0 radical (unpaired) electrons. The topological polar surface area (TPSA) is 74.7 Å². The van der Waals surface area contributed by atoms with E-state index in [1.165, 1.54) is 11.3 Å². The van der Waals surface area contributed by atoms with Gasteiger partial charge in [0.05, 0.1) is 17.3 Å². The number of aryl methyl sites for hydroxylation is 1. The van der Waals surface area contributed by atoms with Crippen molar-refractivity contribution >= 4 is 33.1 Å². The molecule has 1 saturated heterocycles. The van der Waals surface area contributed by atoms with Crippen molar-refractivity contribution in [3.63, 3.8) is 0 Å². The van der Waals surface area contributed by atoms with Crippen LogP contribution in [0.5, 0.6) is 16.7 Å². The molecule has 32 heavy (non-hydrogen) atoms. The third kappa shape index (κ3) is 3.91. The van der Waals surface area contributed by atoms with E-state index in [0.29, 0.717) is 22.9 Å². The lowest BCUT2D eigenvalue weighted by molar-refractivity contribution is -0.184. The van der Waals surface area contributed by atoms with Gasteiger partial charge in [-0.25, -0.2) is 4.98 Å². The van der Waals surface area contributed by atoms with Crippen molar-refractivity contribution in [2.75, 3.05) is 7.11 Å². The molecule has 168 valence electrons. The highest BCUT2D eigenvalue weighted by atomic mass is 32.1. The van der Waals surface area contributed by atoms with Crippen molar-refractivity contribution in [1.82, 2.24) is 4.98 Å². The van der Waals surface area contributed by atoms with Gasteiger partial charge in [-0.05, 0) is 69.5 Å². The lowest BCUT2D eigenvalue weighted by atomic mass is 9.73. The summed E-state index contributed by atoms with van der Waals surface area (Å²) < 4.78 is 18.1. The van der Waals surface area contributed by atoms with E-state index in [1.54, 1.807) is 40.9 Å². The second-order valence-corrected chi connectivity index (χ2v) is 9.91. The maximum atomic E-state index is 13.3. The first-order chi connectivity index (χ1) is 15.1. The Kier molecular flexibility index (Phi) is 5.59. The number of ketones is 2. The van der Waals surface area contributed by atoms with E-state index in [1.807, 2.05) is 37.3 Å². The molecule has 6 nitrogen and oxygen atoms in total. The van der Waals surface area contributed by atoms with Crippen LogP contribution < -0.4 is 9.47 Å². The number of rotatable bonds is 5. The van der Waals surface area contributed by atoms with E-state index in [2.05, 4.69) is 4.98 Å². The molecule has 0 amide bonds. The van der Waals surface area contributed by atoms with Crippen molar-refractivity contribution < 1.29 is 23.8 Å². The summed E-state index contributed by atoms with van der Waals surface area (Å²) >= 11 is 1.42. The van der Waals surface area contributed by atoms with Crippen LogP contribution in [0.15, 0.2) is 36.4 Å². The van der Waals surface area contributed by atoms with E-state index < -0.39 is 17.1 Å². The summed E-state index contributed by atoms with van der Waals surface area (Å²) in [5, 5.41) is 0.480. The molecule has 7 heteroatoms. The predicted molar refractivity (Wildman–Crippen MR) is 124 cm³/mol. The number of methoxy groups -OCH3 is 1. The number of carbonyl (C=O) groups is 2.